The number of H-pyrrole nitrogens is 2. The first-order chi connectivity index (χ1) is 33.9. The second-order valence-corrected chi connectivity index (χ2v) is 19.1. The highest BCUT2D eigenvalue weighted by molar-refractivity contribution is 5.97. The molecule has 2 heterocycles. The number of carbonyl (C=O) groups is 6. The number of para-hydroxylation sites is 2. The van der Waals surface area contributed by atoms with E-state index < -0.39 is 59.7 Å². The number of aromatic amines is 2. The van der Waals surface area contributed by atoms with Crippen molar-refractivity contribution in [2.75, 3.05) is 13.1 Å². The molecule has 16 nitrogen and oxygen atoms in total. The summed E-state index contributed by atoms with van der Waals surface area (Å²) in [7, 11) is 0. The zero-order chi connectivity index (χ0) is 50.7. The number of rotatable bonds is 36. The molecule has 0 fully saturated rings. The molecular weight excluding hydrogens is 885 g/mol. The van der Waals surface area contributed by atoms with Crippen molar-refractivity contribution < 1.29 is 28.8 Å². The Hall–Kier alpha value is -5.74. The predicted molar refractivity (Wildman–Crippen MR) is 279 cm³/mol. The normalized spacial score (nSPS) is 14.0. The van der Waals surface area contributed by atoms with Crippen molar-refractivity contribution >= 4 is 57.2 Å². The lowest BCUT2D eigenvalue weighted by atomic mass is 9.96. The molecule has 2 aromatic heterocycles. The summed E-state index contributed by atoms with van der Waals surface area (Å²) in [6.07, 6.45) is 20.3. The van der Waals surface area contributed by atoms with Crippen LogP contribution in [0.15, 0.2) is 60.9 Å². The van der Waals surface area contributed by atoms with Crippen molar-refractivity contribution in [3.8, 4) is 0 Å². The third-order valence-electron chi connectivity index (χ3n) is 13.5. The molecule has 0 bridgehead atoms. The molecule has 2 aromatic carbocycles. The first kappa shape index (κ1) is 56.8. The summed E-state index contributed by atoms with van der Waals surface area (Å²) in [4.78, 5) is 90.1. The summed E-state index contributed by atoms with van der Waals surface area (Å²) < 4.78 is 0. The number of fused-ring (bicyclic) bond motifs is 2. The average Bonchev–Trinajstić information content (AvgIpc) is 3.97. The molecule has 0 saturated carbocycles. The lowest BCUT2D eigenvalue weighted by Crippen LogP contribution is -2.60. The maximum atomic E-state index is 14.8. The van der Waals surface area contributed by atoms with Gasteiger partial charge in [0, 0.05) is 53.5 Å². The Kier molecular flexibility index (Phi) is 25.6. The maximum absolute atomic E-state index is 14.8. The van der Waals surface area contributed by atoms with Gasteiger partial charge in [0.2, 0.25) is 35.4 Å². The highest BCUT2D eigenvalue weighted by atomic mass is 16.2. The van der Waals surface area contributed by atoms with Crippen LogP contribution < -0.4 is 43.8 Å². The van der Waals surface area contributed by atoms with Crippen LogP contribution in [0.2, 0.25) is 0 Å². The zero-order valence-corrected chi connectivity index (χ0v) is 42.2. The summed E-state index contributed by atoms with van der Waals surface area (Å²) in [6.45, 7) is 6.83. The Morgan fingerprint density at radius 2 is 0.957 bits per heavy atom. The molecule has 16 heteroatoms. The second kappa shape index (κ2) is 31.5. The van der Waals surface area contributed by atoms with Crippen LogP contribution in [0.3, 0.4) is 0 Å². The van der Waals surface area contributed by atoms with Gasteiger partial charge in [-0.3, -0.25) is 28.8 Å². The largest absolute Gasteiger partial charge is 0.368 e. The number of aromatic nitrogens is 2. The standard InChI is InChI=1S/C54H84N10O6/c1-4-6-7-8-9-10-11-12-13-14-15-30-48(65)60-45(29-21-23-32-56)51(67)64-49(37(3)5-2)54(70)63-47(34-39-36-59-43-27-19-17-25-41(39)43)53(69)62-46(33-38-35-58-42-26-18-16-24-40(38)42)52(68)61-44(50(57)66)28-20-22-31-55/h16-19,24-27,35-37,44-47,49,58-59H,4-15,20-23,28-34,55-56H2,1-3H3,(H2,57,66)(H,60,65)(H,61,68)(H,62,69)(H,63,70)(H,64,67)/t37-,44-,45-,46-,47-,49-/m0/s1. The van der Waals surface area contributed by atoms with Crippen molar-refractivity contribution in [1.29, 1.82) is 0 Å². The van der Waals surface area contributed by atoms with Crippen LogP contribution in [0.1, 0.15) is 154 Å². The highest BCUT2D eigenvalue weighted by Gasteiger charge is 2.35. The van der Waals surface area contributed by atoms with E-state index in [1.54, 1.807) is 12.4 Å². The van der Waals surface area contributed by atoms with Gasteiger partial charge >= 0.3 is 0 Å². The van der Waals surface area contributed by atoms with Crippen LogP contribution in [0.4, 0.5) is 0 Å². The molecule has 6 amide bonds. The van der Waals surface area contributed by atoms with E-state index in [4.69, 9.17) is 17.2 Å². The Balaban J connectivity index is 1.54. The third-order valence-corrected chi connectivity index (χ3v) is 13.5. The van der Waals surface area contributed by atoms with Crippen molar-refractivity contribution in [1.82, 2.24) is 36.6 Å². The number of hydrogen-bond donors (Lipinski definition) is 10. The van der Waals surface area contributed by atoms with Gasteiger partial charge in [0.1, 0.15) is 30.2 Å². The van der Waals surface area contributed by atoms with Crippen LogP contribution in [-0.4, -0.2) is 88.7 Å². The van der Waals surface area contributed by atoms with E-state index in [-0.39, 0.29) is 31.1 Å². The molecule has 4 rings (SSSR count). The fraction of sp³-hybridized carbons (Fsp3) is 0.593. The summed E-state index contributed by atoms with van der Waals surface area (Å²) in [5, 5.41) is 16.2. The smallest absolute Gasteiger partial charge is 0.243 e. The van der Waals surface area contributed by atoms with E-state index in [0.29, 0.717) is 58.0 Å². The highest BCUT2D eigenvalue weighted by Crippen LogP contribution is 2.22. The average molecular weight is 969 g/mol. The number of unbranched alkanes of at least 4 members (excludes halogenated alkanes) is 12. The maximum Gasteiger partial charge on any atom is 0.243 e. The van der Waals surface area contributed by atoms with E-state index >= 15 is 0 Å². The quantitative estimate of drug-likeness (QED) is 0.0229. The van der Waals surface area contributed by atoms with Gasteiger partial charge in [-0.25, -0.2) is 0 Å². The molecule has 0 spiro atoms. The molecule has 70 heavy (non-hydrogen) atoms. The lowest BCUT2D eigenvalue weighted by molar-refractivity contribution is -0.135. The molecule has 0 aliphatic heterocycles. The van der Waals surface area contributed by atoms with Gasteiger partial charge in [0.25, 0.3) is 0 Å². The minimum atomic E-state index is -1.23. The van der Waals surface area contributed by atoms with E-state index in [1.807, 2.05) is 62.4 Å². The molecule has 0 saturated heterocycles. The minimum Gasteiger partial charge on any atom is -0.368 e. The number of nitrogens with two attached hydrogens (primary N) is 3. The van der Waals surface area contributed by atoms with E-state index in [2.05, 4.69) is 43.5 Å². The summed E-state index contributed by atoms with van der Waals surface area (Å²) >= 11 is 0. The van der Waals surface area contributed by atoms with Crippen LogP contribution in [-0.2, 0) is 41.6 Å². The van der Waals surface area contributed by atoms with Gasteiger partial charge in [-0.2, -0.15) is 0 Å². The van der Waals surface area contributed by atoms with E-state index in [9.17, 15) is 28.8 Å². The van der Waals surface area contributed by atoms with Gasteiger partial charge in [0.05, 0.1) is 0 Å². The molecular formula is C54H84N10O6. The van der Waals surface area contributed by atoms with Crippen LogP contribution >= 0.6 is 0 Å². The summed E-state index contributed by atoms with van der Waals surface area (Å²) in [5.74, 6) is -3.66. The van der Waals surface area contributed by atoms with E-state index in [0.717, 1.165) is 58.6 Å². The molecule has 0 aliphatic carbocycles. The van der Waals surface area contributed by atoms with Crippen molar-refractivity contribution in [3.63, 3.8) is 0 Å². The molecule has 0 unspecified atom stereocenters. The molecule has 6 atom stereocenters. The monoisotopic (exact) mass is 969 g/mol. The van der Waals surface area contributed by atoms with Crippen LogP contribution in [0.25, 0.3) is 21.8 Å². The topological polar surface area (TPSA) is 272 Å². The first-order valence-electron chi connectivity index (χ1n) is 26.2. The number of amides is 6. The van der Waals surface area contributed by atoms with E-state index in [1.165, 1.54) is 44.9 Å². The predicted octanol–water partition coefficient (Wildman–Crippen LogP) is 6.35. The molecule has 386 valence electrons. The Bertz CT molecular complexity index is 2220. The Morgan fingerprint density at radius 3 is 1.44 bits per heavy atom. The molecule has 0 radical (unpaired) electrons. The van der Waals surface area contributed by atoms with Gasteiger partial charge < -0.3 is 53.8 Å². The number of primary amides is 1. The van der Waals surface area contributed by atoms with Gasteiger partial charge in [-0.05, 0) is 87.2 Å². The Labute approximate surface area is 415 Å². The number of nitrogens with one attached hydrogen (secondary N) is 7. The van der Waals surface area contributed by atoms with Gasteiger partial charge in [-0.1, -0.05) is 128 Å². The summed E-state index contributed by atoms with van der Waals surface area (Å²) in [6, 6.07) is 9.79. The van der Waals surface area contributed by atoms with Gasteiger partial charge in [0.15, 0.2) is 0 Å². The van der Waals surface area contributed by atoms with Crippen molar-refractivity contribution in [2.45, 2.75) is 186 Å². The zero-order valence-electron chi connectivity index (χ0n) is 42.2. The van der Waals surface area contributed by atoms with Crippen LogP contribution in [0, 0.1) is 5.92 Å². The molecule has 0 aliphatic rings. The van der Waals surface area contributed by atoms with Crippen LogP contribution in [0.5, 0.6) is 0 Å². The molecule has 13 N–H and O–H groups in total. The number of carbonyl (C=O) groups excluding carboxylic acids is 6. The van der Waals surface area contributed by atoms with Gasteiger partial charge in [-0.15, -0.1) is 0 Å². The van der Waals surface area contributed by atoms with Crippen molar-refractivity contribution in [3.05, 3.63) is 72.1 Å². The minimum absolute atomic E-state index is 0.0317. The number of hydrogen-bond acceptors (Lipinski definition) is 8. The third kappa shape index (κ3) is 18.9. The second-order valence-electron chi connectivity index (χ2n) is 19.1. The SMILES string of the molecule is CCCCCCCCCCCCCC(=O)N[C@@H](CCCCN)C(=O)N[C@H](C(=O)N[C@@H](Cc1c[nH]c2ccccc12)C(=O)N[C@@H](Cc1c[nH]c2ccccc12)C(=O)N[C@@H](CCCCN)C(N)=O)[C@@H](C)CC. The lowest BCUT2D eigenvalue weighted by Gasteiger charge is -2.29. The first-order valence-corrected chi connectivity index (χ1v) is 26.2. The Morgan fingerprint density at radius 1 is 0.514 bits per heavy atom. The molecule has 4 aromatic rings. The van der Waals surface area contributed by atoms with Crippen molar-refractivity contribution in [2.24, 2.45) is 23.1 Å². The number of benzene rings is 2. The fourth-order valence-electron chi connectivity index (χ4n) is 8.98. The summed E-state index contributed by atoms with van der Waals surface area (Å²) in [5.41, 5.74) is 20.4. The fourth-order valence-corrected chi connectivity index (χ4v) is 8.98.